The molecule has 1 aromatic carbocycles. The molecule has 1 aromatic rings. The van der Waals surface area contributed by atoms with E-state index in [1.807, 2.05) is 0 Å². The molecule has 0 spiro atoms. The lowest BCUT2D eigenvalue weighted by atomic mass is 10.00. The monoisotopic (exact) mass is 315 g/mol. The molecule has 0 aromatic heterocycles. The molecule has 3 rings (SSSR count). The van der Waals surface area contributed by atoms with Crippen molar-refractivity contribution in [2.45, 2.75) is 30.8 Å². The molecule has 4 nitrogen and oxygen atoms in total. The summed E-state index contributed by atoms with van der Waals surface area (Å²) in [6.45, 7) is 2.70. The third-order valence-corrected chi connectivity index (χ3v) is 6.76. The van der Waals surface area contributed by atoms with Gasteiger partial charge in [0.05, 0.1) is 11.0 Å². The van der Waals surface area contributed by atoms with Crippen LogP contribution in [0.25, 0.3) is 0 Å². The fraction of sp³-hybridized carbons (Fsp3) is 0.571. The van der Waals surface area contributed by atoms with E-state index in [4.69, 9.17) is 11.6 Å². The summed E-state index contributed by atoms with van der Waals surface area (Å²) in [6.07, 6.45) is 1.34. The third kappa shape index (κ3) is 2.26. The Balaban J connectivity index is 1.92. The maximum Gasteiger partial charge on any atom is 0.243 e. The lowest BCUT2D eigenvalue weighted by molar-refractivity contribution is 0.129. The highest BCUT2D eigenvalue weighted by molar-refractivity contribution is 7.89. The molecule has 1 aliphatic carbocycles. The summed E-state index contributed by atoms with van der Waals surface area (Å²) in [5.74, 6) is 0.378. The first-order valence-electron chi connectivity index (χ1n) is 6.84. The van der Waals surface area contributed by atoms with E-state index in [-0.39, 0.29) is 16.9 Å². The molecule has 20 heavy (non-hydrogen) atoms. The largest absolute Gasteiger partial charge is 0.393 e. The second kappa shape index (κ2) is 4.98. The first-order valence-corrected chi connectivity index (χ1v) is 8.66. The number of hydrogen-bond acceptors (Lipinski definition) is 3. The average Bonchev–Trinajstić information content (AvgIpc) is 2.95. The number of hydrogen-bond donors (Lipinski definition) is 1. The van der Waals surface area contributed by atoms with Crippen molar-refractivity contribution in [2.24, 2.45) is 11.8 Å². The van der Waals surface area contributed by atoms with Crippen LogP contribution >= 0.6 is 11.6 Å². The van der Waals surface area contributed by atoms with Gasteiger partial charge in [-0.3, -0.25) is 0 Å². The predicted molar refractivity (Wildman–Crippen MR) is 77.2 cm³/mol. The molecule has 0 bridgehead atoms. The zero-order valence-electron chi connectivity index (χ0n) is 11.3. The van der Waals surface area contributed by atoms with E-state index in [9.17, 15) is 13.5 Å². The number of rotatable bonds is 2. The lowest BCUT2D eigenvalue weighted by Gasteiger charge is -2.19. The molecule has 2 fully saturated rings. The Morgan fingerprint density at radius 3 is 2.75 bits per heavy atom. The zero-order valence-corrected chi connectivity index (χ0v) is 12.9. The van der Waals surface area contributed by atoms with Crippen LogP contribution in [0.1, 0.15) is 18.4 Å². The summed E-state index contributed by atoms with van der Waals surface area (Å²) < 4.78 is 27.0. The number of aliphatic hydroxyl groups is 1. The molecule has 3 unspecified atom stereocenters. The van der Waals surface area contributed by atoms with Crippen LogP contribution in [0.5, 0.6) is 0 Å². The van der Waals surface area contributed by atoms with Crippen molar-refractivity contribution in [2.75, 3.05) is 13.1 Å². The predicted octanol–water partition coefficient (Wildman–Crippen LogP) is 2.04. The van der Waals surface area contributed by atoms with Gasteiger partial charge in [0.25, 0.3) is 0 Å². The van der Waals surface area contributed by atoms with E-state index >= 15 is 0 Å². The zero-order chi connectivity index (χ0) is 14.5. The number of aliphatic hydroxyl groups excluding tert-OH is 1. The van der Waals surface area contributed by atoms with Crippen LogP contribution in [0, 0.1) is 18.8 Å². The summed E-state index contributed by atoms with van der Waals surface area (Å²) in [5.41, 5.74) is 0.701. The number of sulfonamides is 1. The number of nitrogens with zero attached hydrogens (tertiary/aromatic N) is 1. The molecule has 1 saturated carbocycles. The van der Waals surface area contributed by atoms with Gasteiger partial charge in [0.15, 0.2) is 0 Å². The molecule has 1 heterocycles. The van der Waals surface area contributed by atoms with E-state index in [0.29, 0.717) is 29.6 Å². The van der Waals surface area contributed by atoms with Crippen LogP contribution in [0.15, 0.2) is 23.1 Å². The SMILES string of the molecule is Cc1ccc(Cl)cc1S(=O)(=O)N1CC2CCC(O)C2C1. The van der Waals surface area contributed by atoms with Crippen molar-refractivity contribution in [1.82, 2.24) is 4.31 Å². The van der Waals surface area contributed by atoms with E-state index in [1.54, 1.807) is 19.1 Å². The van der Waals surface area contributed by atoms with E-state index in [2.05, 4.69) is 0 Å². The molecular weight excluding hydrogens is 298 g/mol. The number of benzene rings is 1. The smallest absolute Gasteiger partial charge is 0.243 e. The van der Waals surface area contributed by atoms with Gasteiger partial charge in [-0.15, -0.1) is 0 Å². The van der Waals surface area contributed by atoms with Gasteiger partial charge in [-0.2, -0.15) is 4.31 Å². The first kappa shape index (κ1) is 14.3. The molecule has 110 valence electrons. The molecular formula is C14H18ClNO3S. The van der Waals surface area contributed by atoms with Crippen molar-refractivity contribution in [3.05, 3.63) is 28.8 Å². The molecule has 1 saturated heterocycles. The van der Waals surface area contributed by atoms with E-state index in [0.717, 1.165) is 12.8 Å². The van der Waals surface area contributed by atoms with Gasteiger partial charge >= 0.3 is 0 Å². The molecule has 3 atom stereocenters. The fourth-order valence-electron chi connectivity index (χ4n) is 3.38. The standard InChI is InChI=1S/C14H18ClNO3S/c1-9-2-4-11(15)6-14(9)20(18,19)16-7-10-3-5-13(17)12(10)8-16/h2,4,6,10,12-13,17H,3,5,7-8H2,1H3. The number of aryl methyl sites for hydroxylation is 1. The number of fused-ring (bicyclic) bond motifs is 1. The van der Waals surface area contributed by atoms with Crippen LogP contribution in [0.2, 0.25) is 5.02 Å². The van der Waals surface area contributed by atoms with Gasteiger partial charge in [0.2, 0.25) is 10.0 Å². The molecule has 0 radical (unpaired) electrons. The van der Waals surface area contributed by atoms with Crippen LogP contribution in [0.3, 0.4) is 0 Å². The average molecular weight is 316 g/mol. The van der Waals surface area contributed by atoms with Crippen LogP contribution in [0.4, 0.5) is 0 Å². The van der Waals surface area contributed by atoms with Gasteiger partial charge in [0, 0.05) is 24.0 Å². The Morgan fingerprint density at radius 1 is 1.30 bits per heavy atom. The Kier molecular flexibility index (Phi) is 3.57. The molecule has 1 aliphatic heterocycles. The third-order valence-electron chi connectivity index (χ3n) is 4.55. The van der Waals surface area contributed by atoms with Gasteiger partial charge in [-0.05, 0) is 43.4 Å². The molecule has 2 aliphatic rings. The van der Waals surface area contributed by atoms with Gasteiger partial charge in [0.1, 0.15) is 0 Å². The fourth-order valence-corrected chi connectivity index (χ4v) is 5.40. The van der Waals surface area contributed by atoms with Crippen molar-refractivity contribution < 1.29 is 13.5 Å². The van der Waals surface area contributed by atoms with Crippen LogP contribution < -0.4 is 0 Å². The normalized spacial score (nSPS) is 30.6. The maximum atomic E-state index is 12.7. The quantitative estimate of drug-likeness (QED) is 0.908. The number of halogens is 1. The van der Waals surface area contributed by atoms with Crippen LogP contribution in [-0.4, -0.2) is 37.0 Å². The first-order chi connectivity index (χ1) is 9.39. The van der Waals surface area contributed by atoms with Crippen molar-refractivity contribution in [3.8, 4) is 0 Å². The van der Waals surface area contributed by atoms with Gasteiger partial charge < -0.3 is 5.11 Å². The molecule has 6 heteroatoms. The molecule has 0 amide bonds. The summed E-state index contributed by atoms with van der Waals surface area (Å²) in [5, 5.41) is 10.3. The van der Waals surface area contributed by atoms with Crippen LogP contribution in [-0.2, 0) is 10.0 Å². The molecule has 1 N–H and O–H groups in total. The summed E-state index contributed by atoms with van der Waals surface area (Å²) >= 11 is 5.93. The summed E-state index contributed by atoms with van der Waals surface area (Å²) in [6, 6.07) is 4.93. The topological polar surface area (TPSA) is 57.6 Å². The highest BCUT2D eigenvalue weighted by Crippen LogP contribution is 2.40. The maximum absolute atomic E-state index is 12.7. The Labute approximate surface area is 124 Å². The Bertz CT molecular complexity index is 631. The highest BCUT2D eigenvalue weighted by Gasteiger charge is 2.45. The minimum absolute atomic E-state index is 0.0873. The second-order valence-corrected chi connectivity index (χ2v) is 8.14. The Hall–Kier alpha value is -0.620. The second-order valence-electron chi connectivity index (χ2n) is 5.80. The minimum Gasteiger partial charge on any atom is -0.393 e. The van der Waals surface area contributed by atoms with Crippen molar-refractivity contribution in [3.63, 3.8) is 0 Å². The Morgan fingerprint density at radius 2 is 2.05 bits per heavy atom. The van der Waals surface area contributed by atoms with Crippen molar-refractivity contribution in [1.29, 1.82) is 0 Å². The van der Waals surface area contributed by atoms with Crippen molar-refractivity contribution >= 4 is 21.6 Å². The van der Waals surface area contributed by atoms with E-state index in [1.165, 1.54) is 10.4 Å². The van der Waals surface area contributed by atoms with Gasteiger partial charge in [-0.1, -0.05) is 17.7 Å². The lowest BCUT2D eigenvalue weighted by Crippen LogP contribution is -2.31. The van der Waals surface area contributed by atoms with Gasteiger partial charge in [-0.25, -0.2) is 8.42 Å². The summed E-state index contributed by atoms with van der Waals surface area (Å²) in [4.78, 5) is 0.277. The minimum atomic E-state index is -3.52. The van der Waals surface area contributed by atoms with E-state index < -0.39 is 10.0 Å². The summed E-state index contributed by atoms with van der Waals surface area (Å²) in [7, 11) is -3.52. The highest BCUT2D eigenvalue weighted by atomic mass is 35.5.